The zero-order chi connectivity index (χ0) is 14.6. The number of aliphatic hydroxyl groups excluding tert-OH is 1. The highest BCUT2D eigenvalue weighted by molar-refractivity contribution is 7.99. The van der Waals surface area contributed by atoms with Crippen molar-refractivity contribution >= 4 is 17.4 Å². The Labute approximate surface area is 123 Å². The summed E-state index contributed by atoms with van der Waals surface area (Å²) in [5, 5.41) is 22.5. The van der Waals surface area contributed by atoms with Crippen molar-refractivity contribution in [2.75, 3.05) is 13.2 Å². The van der Waals surface area contributed by atoms with Gasteiger partial charge in [-0.3, -0.25) is 4.40 Å². The number of likely N-dealkylation sites (N-methyl/N-ethyl adjacent to an activating group) is 1. The van der Waals surface area contributed by atoms with Gasteiger partial charge >= 0.3 is 0 Å². The number of aromatic nitrogens is 3. The highest BCUT2D eigenvalue weighted by Gasteiger charge is 2.25. The molecule has 0 bridgehead atoms. The third-order valence-electron chi connectivity index (χ3n) is 3.28. The van der Waals surface area contributed by atoms with Crippen molar-refractivity contribution in [3.05, 3.63) is 24.4 Å². The second-order valence-corrected chi connectivity index (χ2v) is 6.70. The molecule has 0 aliphatic heterocycles. The largest absolute Gasteiger partial charge is 0.394 e. The van der Waals surface area contributed by atoms with Crippen molar-refractivity contribution in [1.82, 2.24) is 19.9 Å². The fraction of sp³-hybridized carbons (Fsp3) is 0.571. The van der Waals surface area contributed by atoms with E-state index in [2.05, 4.69) is 36.3 Å². The maximum atomic E-state index is 9.56. The number of fused-ring (bicyclic) bond motifs is 1. The molecule has 6 heteroatoms. The number of hydrogen-bond acceptors (Lipinski definition) is 5. The Morgan fingerprint density at radius 1 is 1.45 bits per heavy atom. The van der Waals surface area contributed by atoms with Crippen LogP contribution in [0.3, 0.4) is 0 Å². The minimum absolute atomic E-state index is 0.131. The molecule has 5 nitrogen and oxygen atoms in total. The number of rotatable bonds is 7. The zero-order valence-electron chi connectivity index (χ0n) is 12.2. The first kappa shape index (κ1) is 15.3. The fourth-order valence-electron chi connectivity index (χ4n) is 2.38. The topological polar surface area (TPSA) is 62.5 Å². The summed E-state index contributed by atoms with van der Waals surface area (Å²) in [6, 6.07) is 5.87. The molecule has 0 fully saturated rings. The zero-order valence-corrected chi connectivity index (χ0v) is 13.0. The molecule has 110 valence electrons. The van der Waals surface area contributed by atoms with E-state index in [1.54, 1.807) is 11.8 Å². The van der Waals surface area contributed by atoms with Crippen LogP contribution in [0.5, 0.6) is 0 Å². The predicted molar refractivity (Wildman–Crippen MR) is 82.1 cm³/mol. The first-order valence-electron chi connectivity index (χ1n) is 6.90. The average Bonchev–Trinajstić information content (AvgIpc) is 2.82. The molecule has 0 spiro atoms. The number of pyridine rings is 1. The van der Waals surface area contributed by atoms with Gasteiger partial charge in [0.15, 0.2) is 10.8 Å². The Morgan fingerprint density at radius 3 is 2.95 bits per heavy atom. The van der Waals surface area contributed by atoms with Gasteiger partial charge < -0.3 is 10.4 Å². The van der Waals surface area contributed by atoms with Crippen LogP contribution in [-0.4, -0.2) is 43.6 Å². The van der Waals surface area contributed by atoms with E-state index in [1.165, 1.54) is 0 Å². The Bertz CT molecular complexity index is 559. The van der Waals surface area contributed by atoms with E-state index >= 15 is 0 Å². The number of thioether (sulfide) groups is 1. The highest BCUT2D eigenvalue weighted by atomic mass is 32.2. The molecule has 2 aromatic rings. The van der Waals surface area contributed by atoms with E-state index in [1.807, 2.05) is 28.8 Å². The standard InChI is InChI=1S/C14H22N4OS/c1-4-15-14(3,10-19)9-11(2)20-13-17-16-12-7-5-6-8-18(12)13/h5-8,11,15,19H,4,9-10H2,1-3H3. The maximum Gasteiger partial charge on any atom is 0.195 e. The normalized spacial score (nSPS) is 16.2. The lowest BCUT2D eigenvalue weighted by molar-refractivity contribution is 0.168. The molecule has 2 unspecified atom stereocenters. The number of nitrogens with one attached hydrogen (secondary N) is 1. The monoisotopic (exact) mass is 294 g/mol. The molecule has 0 saturated carbocycles. The molecule has 0 aromatic carbocycles. The van der Waals surface area contributed by atoms with Crippen molar-refractivity contribution in [2.45, 2.75) is 43.1 Å². The van der Waals surface area contributed by atoms with Crippen LogP contribution in [-0.2, 0) is 0 Å². The minimum Gasteiger partial charge on any atom is -0.394 e. The lowest BCUT2D eigenvalue weighted by Crippen LogP contribution is -2.47. The second-order valence-electron chi connectivity index (χ2n) is 5.29. The molecule has 0 radical (unpaired) electrons. The van der Waals surface area contributed by atoms with Crippen molar-refractivity contribution in [1.29, 1.82) is 0 Å². The Kier molecular flexibility index (Phi) is 5.01. The molecule has 2 heterocycles. The van der Waals surface area contributed by atoms with E-state index in [9.17, 15) is 5.11 Å². The lowest BCUT2D eigenvalue weighted by Gasteiger charge is -2.30. The van der Waals surface area contributed by atoms with Crippen LogP contribution in [0, 0.1) is 0 Å². The summed E-state index contributed by atoms with van der Waals surface area (Å²) in [5.41, 5.74) is 0.612. The molecule has 2 aromatic heterocycles. The van der Waals surface area contributed by atoms with Crippen LogP contribution in [0.1, 0.15) is 27.2 Å². The summed E-state index contributed by atoms with van der Waals surface area (Å²) in [6.07, 6.45) is 2.84. The van der Waals surface area contributed by atoms with Crippen LogP contribution in [0.2, 0.25) is 0 Å². The van der Waals surface area contributed by atoms with E-state index in [-0.39, 0.29) is 12.1 Å². The van der Waals surface area contributed by atoms with Crippen LogP contribution in [0.4, 0.5) is 0 Å². The number of hydrogen-bond donors (Lipinski definition) is 2. The maximum absolute atomic E-state index is 9.56. The molecular weight excluding hydrogens is 272 g/mol. The quantitative estimate of drug-likeness (QED) is 0.764. The number of aliphatic hydroxyl groups is 1. The smallest absolute Gasteiger partial charge is 0.195 e. The highest BCUT2D eigenvalue weighted by Crippen LogP contribution is 2.27. The fourth-order valence-corrected chi connectivity index (χ4v) is 3.54. The molecule has 0 saturated heterocycles. The van der Waals surface area contributed by atoms with Gasteiger partial charge in [0.25, 0.3) is 0 Å². The van der Waals surface area contributed by atoms with Crippen LogP contribution in [0.25, 0.3) is 5.65 Å². The first-order valence-corrected chi connectivity index (χ1v) is 7.78. The van der Waals surface area contributed by atoms with E-state index < -0.39 is 0 Å². The summed E-state index contributed by atoms with van der Waals surface area (Å²) >= 11 is 1.69. The summed E-state index contributed by atoms with van der Waals surface area (Å²) in [6.45, 7) is 7.24. The van der Waals surface area contributed by atoms with Gasteiger partial charge in [-0.2, -0.15) is 0 Å². The SMILES string of the molecule is CCNC(C)(CO)CC(C)Sc1nnc2ccccn12. The first-order chi connectivity index (χ1) is 9.58. The van der Waals surface area contributed by atoms with Crippen LogP contribution < -0.4 is 5.32 Å². The van der Waals surface area contributed by atoms with E-state index in [4.69, 9.17) is 0 Å². The predicted octanol–water partition coefficient (Wildman–Crippen LogP) is 1.96. The van der Waals surface area contributed by atoms with Gasteiger partial charge in [0.2, 0.25) is 0 Å². The third-order valence-corrected chi connectivity index (χ3v) is 4.34. The summed E-state index contributed by atoms with van der Waals surface area (Å²) in [7, 11) is 0. The van der Waals surface area contributed by atoms with Crippen LogP contribution >= 0.6 is 11.8 Å². The van der Waals surface area contributed by atoms with Gasteiger partial charge in [0.1, 0.15) is 0 Å². The van der Waals surface area contributed by atoms with Crippen molar-refractivity contribution in [3.63, 3.8) is 0 Å². The molecule has 2 N–H and O–H groups in total. The number of nitrogens with zero attached hydrogens (tertiary/aromatic N) is 3. The van der Waals surface area contributed by atoms with Gasteiger partial charge in [-0.05, 0) is 32.0 Å². The molecule has 20 heavy (non-hydrogen) atoms. The molecule has 2 atom stereocenters. The van der Waals surface area contributed by atoms with Gasteiger partial charge in [-0.25, -0.2) is 0 Å². The summed E-state index contributed by atoms with van der Waals surface area (Å²) in [5.74, 6) is 0. The van der Waals surface area contributed by atoms with Crippen molar-refractivity contribution < 1.29 is 5.11 Å². The van der Waals surface area contributed by atoms with Crippen molar-refractivity contribution in [3.8, 4) is 0 Å². The second kappa shape index (κ2) is 6.56. The molecule has 0 aliphatic rings. The molecule has 0 aliphatic carbocycles. The minimum atomic E-state index is -0.248. The molecular formula is C14H22N4OS. The Hall–Kier alpha value is -1.11. The Balaban J connectivity index is 2.06. The van der Waals surface area contributed by atoms with Gasteiger partial charge in [0.05, 0.1) is 6.61 Å². The van der Waals surface area contributed by atoms with E-state index in [0.29, 0.717) is 5.25 Å². The van der Waals surface area contributed by atoms with Gasteiger partial charge in [0, 0.05) is 17.0 Å². The average molecular weight is 294 g/mol. The van der Waals surface area contributed by atoms with E-state index in [0.717, 1.165) is 23.8 Å². The van der Waals surface area contributed by atoms with Gasteiger partial charge in [-0.15, -0.1) is 10.2 Å². The summed E-state index contributed by atoms with van der Waals surface area (Å²) in [4.78, 5) is 0. The summed E-state index contributed by atoms with van der Waals surface area (Å²) < 4.78 is 1.99. The molecule has 0 amide bonds. The molecule has 2 rings (SSSR count). The Morgan fingerprint density at radius 2 is 2.25 bits per heavy atom. The van der Waals surface area contributed by atoms with Gasteiger partial charge in [-0.1, -0.05) is 31.7 Å². The van der Waals surface area contributed by atoms with Crippen molar-refractivity contribution in [2.24, 2.45) is 0 Å². The van der Waals surface area contributed by atoms with Crippen LogP contribution in [0.15, 0.2) is 29.6 Å². The lowest BCUT2D eigenvalue weighted by atomic mass is 9.97. The third kappa shape index (κ3) is 3.50.